The number of ketones is 1. The zero-order valence-electron chi connectivity index (χ0n) is 12.7. The molecule has 2 aromatic rings. The topological polar surface area (TPSA) is 70.2 Å². The minimum absolute atomic E-state index is 0.00282. The summed E-state index contributed by atoms with van der Waals surface area (Å²) in [6.07, 6.45) is 0.0230. The Kier molecular flexibility index (Phi) is 6.39. The van der Waals surface area contributed by atoms with E-state index >= 15 is 0 Å². The number of rotatable bonds is 5. The minimum atomic E-state index is -0.409. The summed E-state index contributed by atoms with van der Waals surface area (Å²) in [5.74, 6) is -1.01. The molecule has 2 aromatic carbocycles. The van der Waals surface area contributed by atoms with E-state index in [1.165, 1.54) is 24.3 Å². The van der Waals surface area contributed by atoms with Gasteiger partial charge in [0.15, 0.2) is 10.9 Å². The SMILES string of the molecule is O=C(CCC(=O)c1ccc(F)cc1)NNC(=S)Nc1ccccc1. The van der Waals surface area contributed by atoms with Crippen LogP contribution in [0.1, 0.15) is 23.2 Å². The van der Waals surface area contributed by atoms with E-state index in [9.17, 15) is 14.0 Å². The number of halogens is 1. The number of para-hydroxylation sites is 1. The van der Waals surface area contributed by atoms with Gasteiger partial charge in [0.25, 0.3) is 0 Å². The van der Waals surface area contributed by atoms with Crippen LogP contribution >= 0.6 is 12.2 Å². The van der Waals surface area contributed by atoms with Crippen LogP contribution in [0.2, 0.25) is 0 Å². The second-order valence-corrected chi connectivity index (χ2v) is 5.33. The lowest BCUT2D eigenvalue weighted by molar-refractivity contribution is -0.121. The van der Waals surface area contributed by atoms with Crippen molar-refractivity contribution < 1.29 is 14.0 Å². The molecular formula is C17H16FN3O2S. The minimum Gasteiger partial charge on any atom is -0.331 e. The highest BCUT2D eigenvalue weighted by Gasteiger charge is 2.09. The van der Waals surface area contributed by atoms with Crippen molar-refractivity contribution in [2.75, 3.05) is 5.32 Å². The Labute approximate surface area is 144 Å². The molecule has 0 unspecified atom stereocenters. The summed E-state index contributed by atoms with van der Waals surface area (Å²) in [4.78, 5) is 23.6. The van der Waals surface area contributed by atoms with Crippen molar-refractivity contribution in [3.8, 4) is 0 Å². The first-order valence-corrected chi connectivity index (χ1v) is 7.65. The summed E-state index contributed by atoms with van der Waals surface area (Å²) in [5.41, 5.74) is 6.14. The van der Waals surface area contributed by atoms with Gasteiger partial charge in [-0.1, -0.05) is 18.2 Å². The standard InChI is InChI=1S/C17H16FN3O2S/c18-13-8-6-12(7-9-13)15(22)10-11-16(23)20-21-17(24)19-14-4-2-1-3-5-14/h1-9H,10-11H2,(H,20,23)(H2,19,21,24). The maximum atomic E-state index is 12.8. The van der Waals surface area contributed by atoms with E-state index in [0.29, 0.717) is 5.56 Å². The van der Waals surface area contributed by atoms with Gasteiger partial charge < -0.3 is 5.32 Å². The Morgan fingerprint density at radius 2 is 1.58 bits per heavy atom. The second-order valence-electron chi connectivity index (χ2n) is 4.92. The van der Waals surface area contributed by atoms with Gasteiger partial charge in [-0.2, -0.15) is 0 Å². The van der Waals surface area contributed by atoms with Gasteiger partial charge in [-0.25, -0.2) is 4.39 Å². The monoisotopic (exact) mass is 345 g/mol. The number of anilines is 1. The van der Waals surface area contributed by atoms with Crippen molar-refractivity contribution in [1.82, 2.24) is 10.9 Å². The van der Waals surface area contributed by atoms with Crippen LogP contribution in [0.5, 0.6) is 0 Å². The van der Waals surface area contributed by atoms with Crippen LogP contribution in [0, 0.1) is 5.82 Å². The molecule has 0 aliphatic heterocycles. The van der Waals surface area contributed by atoms with E-state index < -0.39 is 5.82 Å². The summed E-state index contributed by atoms with van der Waals surface area (Å²) < 4.78 is 12.8. The summed E-state index contributed by atoms with van der Waals surface area (Å²) in [5, 5.41) is 3.13. The van der Waals surface area contributed by atoms with Crippen molar-refractivity contribution in [3.63, 3.8) is 0 Å². The predicted octanol–water partition coefficient (Wildman–Crippen LogP) is 2.81. The van der Waals surface area contributed by atoms with Gasteiger partial charge in [0, 0.05) is 24.1 Å². The summed E-state index contributed by atoms with van der Waals surface area (Å²) in [7, 11) is 0. The number of benzene rings is 2. The molecule has 0 radical (unpaired) electrons. The first kappa shape index (κ1) is 17.6. The van der Waals surface area contributed by atoms with E-state index in [-0.39, 0.29) is 29.6 Å². The number of carbonyl (C=O) groups excluding carboxylic acids is 2. The summed E-state index contributed by atoms with van der Waals surface area (Å²) in [6, 6.07) is 14.5. The highest BCUT2D eigenvalue weighted by molar-refractivity contribution is 7.80. The molecule has 0 spiro atoms. The molecule has 0 atom stereocenters. The van der Waals surface area contributed by atoms with Gasteiger partial charge in [-0.05, 0) is 48.6 Å². The fourth-order valence-corrected chi connectivity index (χ4v) is 2.05. The molecule has 3 N–H and O–H groups in total. The van der Waals surface area contributed by atoms with Gasteiger partial charge in [-0.3, -0.25) is 20.4 Å². The van der Waals surface area contributed by atoms with Crippen molar-refractivity contribution in [3.05, 3.63) is 66.0 Å². The lowest BCUT2D eigenvalue weighted by Gasteiger charge is -2.11. The molecule has 5 nitrogen and oxygen atoms in total. The Morgan fingerprint density at radius 3 is 2.25 bits per heavy atom. The first-order valence-electron chi connectivity index (χ1n) is 7.24. The zero-order valence-corrected chi connectivity index (χ0v) is 13.5. The highest BCUT2D eigenvalue weighted by atomic mass is 32.1. The molecule has 24 heavy (non-hydrogen) atoms. The molecular weight excluding hydrogens is 329 g/mol. The molecule has 124 valence electrons. The second kappa shape index (κ2) is 8.73. The van der Waals surface area contributed by atoms with Gasteiger partial charge in [0.1, 0.15) is 5.82 Å². The van der Waals surface area contributed by atoms with Crippen molar-refractivity contribution in [2.45, 2.75) is 12.8 Å². The molecule has 0 aliphatic carbocycles. The molecule has 1 amide bonds. The van der Waals surface area contributed by atoms with Gasteiger partial charge in [0.05, 0.1) is 0 Å². The van der Waals surface area contributed by atoms with Crippen molar-refractivity contribution >= 4 is 34.7 Å². The number of hydrogen-bond acceptors (Lipinski definition) is 3. The number of hydrogen-bond donors (Lipinski definition) is 3. The lowest BCUT2D eigenvalue weighted by Crippen LogP contribution is -2.43. The van der Waals surface area contributed by atoms with Crippen molar-refractivity contribution in [1.29, 1.82) is 0 Å². The number of carbonyl (C=O) groups is 2. The number of amides is 1. The number of nitrogens with one attached hydrogen (secondary N) is 3. The molecule has 0 bridgehead atoms. The van der Waals surface area contributed by atoms with Crippen LogP contribution in [0.3, 0.4) is 0 Å². The van der Waals surface area contributed by atoms with Crippen LogP contribution in [0.25, 0.3) is 0 Å². The quantitative estimate of drug-likeness (QED) is 0.442. The number of thiocarbonyl (C=S) groups is 1. The molecule has 0 saturated carbocycles. The van der Waals surface area contributed by atoms with E-state index in [1.807, 2.05) is 30.3 Å². The van der Waals surface area contributed by atoms with E-state index in [1.54, 1.807) is 0 Å². The molecule has 0 aromatic heterocycles. The van der Waals surface area contributed by atoms with Gasteiger partial charge in [-0.15, -0.1) is 0 Å². The maximum absolute atomic E-state index is 12.8. The third-order valence-electron chi connectivity index (χ3n) is 3.09. The first-order chi connectivity index (χ1) is 11.5. The third kappa shape index (κ3) is 5.77. The fourth-order valence-electron chi connectivity index (χ4n) is 1.88. The average Bonchev–Trinajstić information content (AvgIpc) is 2.59. The van der Waals surface area contributed by atoms with Crippen LogP contribution < -0.4 is 16.2 Å². The number of Topliss-reactive ketones (excluding diaryl/α,β-unsaturated/α-hetero) is 1. The largest absolute Gasteiger partial charge is 0.331 e. The smallest absolute Gasteiger partial charge is 0.238 e. The normalized spacial score (nSPS) is 9.88. The molecule has 0 fully saturated rings. The van der Waals surface area contributed by atoms with Gasteiger partial charge >= 0.3 is 0 Å². The van der Waals surface area contributed by atoms with Crippen LogP contribution in [-0.2, 0) is 4.79 Å². The van der Waals surface area contributed by atoms with Crippen LogP contribution in [0.4, 0.5) is 10.1 Å². The Hall–Kier alpha value is -2.80. The molecule has 0 saturated heterocycles. The molecule has 0 heterocycles. The lowest BCUT2D eigenvalue weighted by atomic mass is 10.1. The highest BCUT2D eigenvalue weighted by Crippen LogP contribution is 2.07. The predicted molar refractivity (Wildman–Crippen MR) is 93.9 cm³/mol. The average molecular weight is 345 g/mol. The van der Waals surface area contributed by atoms with Crippen LogP contribution in [0.15, 0.2) is 54.6 Å². The van der Waals surface area contributed by atoms with Gasteiger partial charge in [0.2, 0.25) is 5.91 Å². The summed E-state index contributed by atoms with van der Waals surface area (Å²) in [6.45, 7) is 0. The maximum Gasteiger partial charge on any atom is 0.238 e. The Balaban J connectivity index is 1.70. The zero-order chi connectivity index (χ0) is 17.4. The number of hydrazine groups is 1. The van der Waals surface area contributed by atoms with Crippen LogP contribution in [-0.4, -0.2) is 16.8 Å². The fraction of sp³-hybridized carbons (Fsp3) is 0.118. The Morgan fingerprint density at radius 1 is 0.917 bits per heavy atom. The van der Waals surface area contributed by atoms with Crippen molar-refractivity contribution in [2.24, 2.45) is 0 Å². The van der Waals surface area contributed by atoms with E-state index in [4.69, 9.17) is 12.2 Å². The molecule has 0 aliphatic rings. The van der Waals surface area contributed by atoms with E-state index in [2.05, 4.69) is 16.2 Å². The molecule has 7 heteroatoms. The van der Waals surface area contributed by atoms with E-state index in [0.717, 1.165) is 5.69 Å². The molecule has 2 rings (SSSR count). The Bertz CT molecular complexity index is 720. The third-order valence-corrected chi connectivity index (χ3v) is 3.30. The summed E-state index contributed by atoms with van der Waals surface area (Å²) >= 11 is 5.04.